The Balaban J connectivity index is 1.82. The van der Waals surface area contributed by atoms with Gasteiger partial charge in [-0.25, -0.2) is 24.9 Å². The number of hydrogen-bond donors (Lipinski definition) is 3. The third-order valence-corrected chi connectivity index (χ3v) is 4.61. The fraction of sp³-hybridized carbons (Fsp3) is 0.214. The number of imidazole rings is 1. The number of anilines is 1. The average molecular weight is 326 g/mol. The van der Waals surface area contributed by atoms with Crippen molar-refractivity contribution in [2.45, 2.75) is 30.5 Å². The highest BCUT2D eigenvalue weighted by Crippen LogP contribution is 2.31. The summed E-state index contributed by atoms with van der Waals surface area (Å²) in [6.07, 6.45) is 3.95. The van der Waals surface area contributed by atoms with E-state index in [1.165, 1.54) is 18.1 Å². The molecule has 0 saturated heterocycles. The summed E-state index contributed by atoms with van der Waals surface area (Å²) in [4.78, 5) is 27.8. The van der Waals surface area contributed by atoms with Crippen molar-refractivity contribution in [2.24, 2.45) is 0 Å². The van der Waals surface area contributed by atoms with Crippen LogP contribution in [0, 0.1) is 6.92 Å². The van der Waals surface area contributed by atoms with Crippen LogP contribution in [0.1, 0.15) is 18.2 Å². The number of hydrogen-bond acceptors (Lipinski definition) is 7. The molecule has 4 rings (SSSR count). The predicted molar refractivity (Wildman–Crippen MR) is 88.2 cm³/mol. The Bertz CT molecular complexity index is 1020. The van der Waals surface area contributed by atoms with E-state index in [1.807, 2.05) is 6.92 Å². The van der Waals surface area contributed by atoms with Crippen molar-refractivity contribution in [3.63, 3.8) is 0 Å². The highest BCUT2D eigenvalue weighted by atomic mass is 32.2. The van der Waals surface area contributed by atoms with Crippen molar-refractivity contribution in [2.75, 3.05) is 5.73 Å². The van der Waals surface area contributed by atoms with Crippen molar-refractivity contribution in [3.05, 3.63) is 23.9 Å². The van der Waals surface area contributed by atoms with Crippen LogP contribution >= 0.6 is 11.8 Å². The van der Waals surface area contributed by atoms with Crippen LogP contribution in [0.15, 0.2) is 22.8 Å². The molecular formula is C14H14N8S. The summed E-state index contributed by atoms with van der Waals surface area (Å²) in [5.74, 6) is 0.473. The number of rotatable bonds is 3. The number of nitrogens with one attached hydrogen (secondary N) is 2. The topological polar surface area (TPSA) is 122 Å². The van der Waals surface area contributed by atoms with Crippen LogP contribution in [0.25, 0.3) is 22.2 Å². The van der Waals surface area contributed by atoms with Gasteiger partial charge in [-0.3, -0.25) is 0 Å². The van der Waals surface area contributed by atoms with Gasteiger partial charge in [0.15, 0.2) is 10.8 Å². The van der Waals surface area contributed by atoms with Crippen molar-refractivity contribution < 1.29 is 0 Å². The molecule has 0 amide bonds. The zero-order chi connectivity index (χ0) is 16.0. The summed E-state index contributed by atoms with van der Waals surface area (Å²) in [6, 6.07) is 0. The van der Waals surface area contributed by atoms with Gasteiger partial charge in [-0.2, -0.15) is 0 Å². The van der Waals surface area contributed by atoms with E-state index in [0.29, 0.717) is 21.6 Å². The van der Waals surface area contributed by atoms with E-state index >= 15 is 0 Å². The van der Waals surface area contributed by atoms with Crippen LogP contribution < -0.4 is 5.73 Å². The van der Waals surface area contributed by atoms with Gasteiger partial charge in [0, 0.05) is 5.69 Å². The molecule has 0 spiro atoms. The summed E-state index contributed by atoms with van der Waals surface area (Å²) in [6.45, 7) is 4.12. The van der Waals surface area contributed by atoms with Gasteiger partial charge in [0.2, 0.25) is 0 Å². The second-order valence-electron chi connectivity index (χ2n) is 5.08. The third kappa shape index (κ3) is 2.20. The second kappa shape index (κ2) is 5.20. The van der Waals surface area contributed by atoms with Crippen LogP contribution in [0.3, 0.4) is 0 Å². The molecular weight excluding hydrogens is 312 g/mol. The van der Waals surface area contributed by atoms with Gasteiger partial charge in [0.25, 0.3) is 0 Å². The van der Waals surface area contributed by atoms with E-state index in [2.05, 4.69) is 41.8 Å². The molecule has 116 valence electrons. The lowest BCUT2D eigenvalue weighted by atomic mass is 10.2. The molecule has 0 aliphatic heterocycles. The molecule has 23 heavy (non-hydrogen) atoms. The van der Waals surface area contributed by atoms with E-state index in [0.717, 1.165) is 34.2 Å². The molecule has 4 heterocycles. The molecule has 0 aliphatic rings. The molecule has 0 radical (unpaired) electrons. The lowest BCUT2D eigenvalue weighted by Gasteiger charge is -2.03. The molecule has 0 unspecified atom stereocenters. The predicted octanol–water partition coefficient (Wildman–Crippen LogP) is 2.23. The Morgan fingerprint density at radius 3 is 2.91 bits per heavy atom. The first-order chi connectivity index (χ1) is 11.2. The monoisotopic (exact) mass is 326 g/mol. The Kier molecular flexibility index (Phi) is 3.15. The highest BCUT2D eigenvalue weighted by molar-refractivity contribution is 7.99. The summed E-state index contributed by atoms with van der Waals surface area (Å²) >= 11 is 1.33. The van der Waals surface area contributed by atoms with Crippen LogP contribution in [0.4, 0.5) is 5.82 Å². The lowest BCUT2D eigenvalue weighted by molar-refractivity contribution is 0.983. The Morgan fingerprint density at radius 1 is 1.22 bits per heavy atom. The van der Waals surface area contributed by atoms with Crippen LogP contribution in [-0.4, -0.2) is 34.9 Å². The lowest BCUT2D eigenvalue weighted by Crippen LogP contribution is -1.97. The molecule has 0 saturated carbocycles. The maximum Gasteiger partial charge on any atom is 0.197 e. The molecule has 4 aromatic rings. The maximum atomic E-state index is 6.13. The number of nitrogen functional groups attached to an aromatic ring is 1. The number of nitrogens with zero attached hydrogens (tertiary/aromatic N) is 5. The summed E-state index contributed by atoms with van der Waals surface area (Å²) in [7, 11) is 0. The largest absolute Gasteiger partial charge is 0.383 e. The summed E-state index contributed by atoms with van der Waals surface area (Å²) < 4.78 is 0. The van der Waals surface area contributed by atoms with Gasteiger partial charge >= 0.3 is 0 Å². The van der Waals surface area contributed by atoms with Crippen molar-refractivity contribution in [1.29, 1.82) is 0 Å². The molecule has 4 aromatic heterocycles. The van der Waals surface area contributed by atoms with E-state index in [4.69, 9.17) is 5.73 Å². The minimum absolute atomic E-state index is 0.473. The number of H-pyrrole nitrogens is 2. The molecule has 0 bridgehead atoms. The first-order valence-electron chi connectivity index (χ1n) is 7.14. The third-order valence-electron chi connectivity index (χ3n) is 3.74. The Morgan fingerprint density at radius 2 is 2.09 bits per heavy atom. The normalized spacial score (nSPS) is 11.6. The van der Waals surface area contributed by atoms with Gasteiger partial charge in [0.05, 0.1) is 11.7 Å². The van der Waals surface area contributed by atoms with Gasteiger partial charge in [-0.1, -0.05) is 6.92 Å². The quantitative estimate of drug-likeness (QED) is 0.390. The standard InChI is InChI=1S/C14H14N8S/c1-3-7-6(2)8-10(15)21-14(22-11(8)20-7)23-13-9-12(17-4-16-9)18-5-19-13/h4-5H,3H2,1-2H3,(H3,15,20,21,22)(H,16,17,18,19). The zero-order valence-electron chi connectivity index (χ0n) is 12.6. The van der Waals surface area contributed by atoms with Gasteiger partial charge in [-0.05, 0) is 30.7 Å². The van der Waals surface area contributed by atoms with Crippen LogP contribution in [0.5, 0.6) is 0 Å². The van der Waals surface area contributed by atoms with E-state index < -0.39 is 0 Å². The first-order valence-corrected chi connectivity index (χ1v) is 7.95. The Hall–Kier alpha value is -2.68. The van der Waals surface area contributed by atoms with Crippen LogP contribution in [0.2, 0.25) is 0 Å². The van der Waals surface area contributed by atoms with Crippen LogP contribution in [-0.2, 0) is 6.42 Å². The summed E-state index contributed by atoms with van der Waals surface area (Å²) in [5.41, 5.74) is 10.5. The van der Waals surface area contributed by atoms with Gasteiger partial charge in [-0.15, -0.1) is 0 Å². The molecule has 0 aromatic carbocycles. The second-order valence-corrected chi connectivity index (χ2v) is 6.04. The molecule has 4 N–H and O–H groups in total. The fourth-order valence-corrected chi connectivity index (χ4v) is 3.42. The smallest absolute Gasteiger partial charge is 0.197 e. The minimum Gasteiger partial charge on any atom is -0.383 e. The van der Waals surface area contributed by atoms with Gasteiger partial charge < -0.3 is 15.7 Å². The van der Waals surface area contributed by atoms with Crippen molar-refractivity contribution >= 4 is 39.8 Å². The number of nitrogens with two attached hydrogens (primary N) is 1. The van der Waals surface area contributed by atoms with Gasteiger partial charge in [0.1, 0.15) is 28.3 Å². The van der Waals surface area contributed by atoms with Crippen molar-refractivity contribution in [3.8, 4) is 0 Å². The molecule has 9 heteroatoms. The summed E-state index contributed by atoms with van der Waals surface area (Å²) in [5, 5.41) is 2.14. The van der Waals surface area contributed by atoms with E-state index in [9.17, 15) is 0 Å². The first kappa shape index (κ1) is 13.9. The Labute approximate surface area is 135 Å². The molecule has 0 fully saturated rings. The fourth-order valence-electron chi connectivity index (χ4n) is 2.61. The number of aryl methyl sites for hydroxylation is 2. The highest BCUT2D eigenvalue weighted by Gasteiger charge is 2.15. The molecule has 0 atom stereocenters. The van der Waals surface area contributed by atoms with Crippen molar-refractivity contribution in [1.82, 2.24) is 34.9 Å². The SMILES string of the molecule is CCc1[nH]c2nc(Sc3ncnc4nc[nH]c34)nc(N)c2c1C. The minimum atomic E-state index is 0.473. The maximum absolute atomic E-state index is 6.13. The van der Waals surface area contributed by atoms with E-state index in [-0.39, 0.29) is 0 Å². The number of fused-ring (bicyclic) bond motifs is 2. The average Bonchev–Trinajstić information content (AvgIpc) is 3.12. The number of aromatic amines is 2. The molecule has 8 nitrogen and oxygen atoms in total. The molecule has 0 aliphatic carbocycles. The number of aromatic nitrogens is 7. The zero-order valence-corrected chi connectivity index (χ0v) is 13.4. The van der Waals surface area contributed by atoms with E-state index in [1.54, 1.807) is 6.33 Å².